The molecule has 0 aliphatic heterocycles. The summed E-state index contributed by atoms with van der Waals surface area (Å²) in [5.74, 6) is 0. The number of nitrogens with zero attached hydrogens (tertiary/aromatic N) is 1. The molecular formula is C16H26N2O. The molecule has 3 N–H and O–H groups in total. The monoisotopic (exact) mass is 262 g/mol. The third-order valence-electron chi connectivity index (χ3n) is 4.21. The van der Waals surface area contributed by atoms with Gasteiger partial charge in [-0.2, -0.15) is 0 Å². The Kier molecular flexibility index (Phi) is 5.83. The Morgan fingerprint density at radius 3 is 2.42 bits per heavy atom. The predicted octanol–water partition coefficient (Wildman–Crippen LogP) is 2.31. The van der Waals surface area contributed by atoms with Crippen molar-refractivity contribution in [2.24, 2.45) is 5.73 Å². The molecule has 1 unspecified atom stereocenters. The van der Waals surface area contributed by atoms with Crippen LogP contribution in [0.2, 0.25) is 0 Å². The number of hydrogen-bond donors (Lipinski definition) is 2. The normalized spacial score (nSPS) is 18.7. The summed E-state index contributed by atoms with van der Waals surface area (Å²) >= 11 is 0. The van der Waals surface area contributed by atoms with Crippen LogP contribution in [0.5, 0.6) is 0 Å². The van der Waals surface area contributed by atoms with Gasteiger partial charge in [0, 0.05) is 25.2 Å². The highest BCUT2D eigenvalue weighted by Crippen LogP contribution is 2.29. The predicted molar refractivity (Wildman–Crippen MR) is 78.9 cm³/mol. The highest BCUT2D eigenvalue weighted by Gasteiger charge is 2.27. The smallest absolute Gasteiger partial charge is 0.0558 e. The lowest BCUT2D eigenvalue weighted by atomic mass is 9.92. The molecule has 0 spiro atoms. The second-order valence-electron chi connectivity index (χ2n) is 5.42. The minimum atomic E-state index is 0.208. The summed E-state index contributed by atoms with van der Waals surface area (Å²) < 4.78 is 0. The molecule has 1 aliphatic rings. The fourth-order valence-electron chi connectivity index (χ4n) is 3.26. The van der Waals surface area contributed by atoms with Crippen molar-refractivity contribution in [3.8, 4) is 0 Å². The number of aliphatic hydroxyl groups excluding tert-OH is 1. The van der Waals surface area contributed by atoms with Gasteiger partial charge < -0.3 is 10.8 Å². The Morgan fingerprint density at radius 1 is 1.16 bits per heavy atom. The molecule has 2 rings (SSSR count). The van der Waals surface area contributed by atoms with E-state index in [1.165, 1.54) is 37.7 Å². The molecule has 1 aromatic carbocycles. The van der Waals surface area contributed by atoms with Gasteiger partial charge in [-0.1, -0.05) is 49.6 Å². The van der Waals surface area contributed by atoms with Crippen molar-refractivity contribution in [1.82, 2.24) is 4.90 Å². The molecule has 1 aliphatic carbocycles. The second kappa shape index (κ2) is 7.63. The van der Waals surface area contributed by atoms with Crippen molar-refractivity contribution in [1.29, 1.82) is 0 Å². The van der Waals surface area contributed by atoms with Gasteiger partial charge in [0.1, 0.15) is 0 Å². The van der Waals surface area contributed by atoms with Crippen molar-refractivity contribution in [3.05, 3.63) is 35.9 Å². The van der Waals surface area contributed by atoms with E-state index in [4.69, 9.17) is 5.73 Å². The van der Waals surface area contributed by atoms with E-state index in [0.29, 0.717) is 12.6 Å². The SMILES string of the molecule is NCC(c1ccccc1)N(CCO)C1CCCCC1. The van der Waals surface area contributed by atoms with E-state index in [9.17, 15) is 5.11 Å². The maximum atomic E-state index is 9.38. The molecular weight excluding hydrogens is 236 g/mol. The van der Waals surface area contributed by atoms with Gasteiger partial charge >= 0.3 is 0 Å². The summed E-state index contributed by atoms with van der Waals surface area (Å²) in [5, 5.41) is 9.38. The first-order valence-corrected chi connectivity index (χ1v) is 7.48. The minimum Gasteiger partial charge on any atom is -0.395 e. The maximum Gasteiger partial charge on any atom is 0.0558 e. The quantitative estimate of drug-likeness (QED) is 0.827. The van der Waals surface area contributed by atoms with Crippen LogP contribution in [0.15, 0.2) is 30.3 Å². The molecule has 0 heterocycles. The third kappa shape index (κ3) is 3.78. The molecule has 0 aromatic heterocycles. The summed E-state index contributed by atoms with van der Waals surface area (Å²) in [5.41, 5.74) is 7.29. The van der Waals surface area contributed by atoms with Crippen molar-refractivity contribution in [3.63, 3.8) is 0 Å². The molecule has 0 amide bonds. The van der Waals surface area contributed by atoms with Gasteiger partial charge in [-0.3, -0.25) is 4.90 Å². The zero-order valence-corrected chi connectivity index (χ0v) is 11.7. The van der Waals surface area contributed by atoms with Crippen LogP contribution in [0.25, 0.3) is 0 Å². The maximum absolute atomic E-state index is 9.38. The van der Waals surface area contributed by atoms with Crippen LogP contribution < -0.4 is 5.73 Å². The Morgan fingerprint density at radius 2 is 1.84 bits per heavy atom. The molecule has 3 nitrogen and oxygen atoms in total. The van der Waals surface area contributed by atoms with Crippen LogP contribution in [0, 0.1) is 0 Å². The zero-order chi connectivity index (χ0) is 13.5. The molecule has 1 fully saturated rings. The lowest BCUT2D eigenvalue weighted by Gasteiger charge is -2.39. The molecule has 0 saturated heterocycles. The van der Waals surface area contributed by atoms with Crippen LogP contribution >= 0.6 is 0 Å². The van der Waals surface area contributed by atoms with E-state index in [1.54, 1.807) is 0 Å². The first kappa shape index (κ1) is 14.5. The molecule has 19 heavy (non-hydrogen) atoms. The number of nitrogens with two attached hydrogens (primary N) is 1. The van der Waals surface area contributed by atoms with E-state index in [2.05, 4.69) is 29.2 Å². The van der Waals surface area contributed by atoms with Gasteiger partial charge in [0.05, 0.1) is 6.61 Å². The number of benzene rings is 1. The number of rotatable bonds is 6. The minimum absolute atomic E-state index is 0.208. The third-order valence-corrected chi connectivity index (χ3v) is 4.21. The van der Waals surface area contributed by atoms with Gasteiger partial charge in [0.2, 0.25) is 0 Å². The van der Waals surface area contributed by atoms with E-state index >= 15 is 0 Å². The lowest BCUT2D eigenvalue weighted by Crippen LogP contribution is -2.44. The molecule has 3 heteroatoms. The standard InChI is InChI=1S/C16H26N2O/c17-13-16(14-7-3-1-4-8-14)18(11-12-19)15-9-5-2-6-10-15/h1,3-4,7-8,15-16,19H,2,5-6,9-13,17H2. The van der Waals surface area contributed by atoms with Gasteiger partial charge in [0.15, 0.2) is 0 Å². The summed E-state index contributed by atoms with van der Waals surface area (Å²) in [4.78, 5) is 2.43. The van der Waals surface area contributed by atoms with E-state index in [-0.39, 0.29) is 12.6 Å². The zero-order valence-electron chi connectivity index (χ0n) is 11.7. The van der Waals surface area contributed by atoms with Crippen molar-refractivity contribution in [2.45, 2.75) is 44.2 Å². The summed E-state index contributed by atoms with van der Waals surface area (Å²) in [7, 11) is 0. The van der Waals surface area contributed by atoms with Crippen LogP contribution in [-0.4, -0.2) is 35.7 Å². The molecule has 0 radical (unpaired) electrons. The number of aliphatic hydroxyl groups is 1. The highest BCUT2D eigenvalue weighted by molar-refractivity contribution is 5.19. The van der Waals surface area contributed by atoms with E-state index in [1.807, 2.05) is 6.07 Å². The fraction of sp³-hybridized carbons (Fsp3) is 0.625. The Bertz CT molecular complexity index is 349. The molecule has 106 valence electrons. The number of hydrogen-bond acceptors (Lipinski definition) is 3. The Hall–Kier alpha value is -0.900. The summed E-state index contributed by atoms with van der Waals surface area (Å²) in [6.45, 7) is 1.54. The largest absolute Gasteiger partial charge is 0.395 e. The van der Waals surface area contributed by atoms with Gasteiger partial charge in [-0.05, 0) is 18.4 Å². The van der Waals surface area contributed by atoms with E-state index in [0.717, 1.165) is 6.54 Å². The Balaban J connectivity index is 2.15. The van der Waals surface area contributed by atoms with Crippen LogP contribution in [0.1, 0.15) is 43.7 Å². The van der Waals surface area contributed by atoms with Gasteiger partial charge in [0.25, 0.3) is 0 Å². The highest BCUT2D eigenvalue weighted by atomic mass is 16.3. The van der Waals surface area contributed by atoms with Crippen LogP contribution in [0.3, 0.4) is 0 Å². The Labute approximate surface area is 116 Å². The van der Waals surface area contributed by atoms with Crippen molar-refractivity contribution in [2.75, 3.05) is 19.7 Å². The average Bonchev–Trinajstić information content (AvgIpc) is 2.49. The van der Waals surface area contributed by atoms with Crippen LogP contribution in [-0.2, 0) is 0 Å². The van der Waals surface area contributed by atoms with E-state index < -0.39 is 0 Å². The first-order chi connectivity index (χ1) is 9.36. The van der Waals surface area contributed by atoms with Crippen LogP contribution in [0.4, 0.5) is 0 Å². The first-order valence-electron chi connectivity index (χ1n) is 7.48. The average molecular weight is 262 g/mol. The fourth-order valence-corrected chi connectivity index (χ4v) is 3.26. The molecule has 0 bridgehead atoms. The topological polar surface area (TPSA) is 49.5 Å². The second-order valence-corrected chi connectivity index (χ2v) is 5.42. The summed E-state index contributed by atoms with van der Waals surface area (Å²) in [6.07, 6.45) is 6.44. The summed E-state index contributed by atoms with van der Waals surface area (Å²) in [6, 6.07) is 11.3. The lowest BCUT2D eigenvalue weighted by molar-refractivity contribution is 0.0829. The molecule has 1 saturated carbocycles. The molecule has 1 atom stereocenters. The van der Waals surface area contributed by atoms with Gasteiger partial charge in [-0.25, -0.2) is 0 Å². The van der Waals surface area contributed by atoms with Crippen molar-refractivity contribution >= 4 is 0 Å². The van der Waals surface area contributed by atoms with Crippen molar-refractivity contribution < 1.29 is 5.11 Å². The van der Waals surface area contributed by atoms with Gasteiger partial charge in [-0.15, -0.1) is 0 Å². The molecule has 1 aromatic rings.